The van der Waals surface area contributed by atoms with Gasteiger partial charge in [0.15, 0.2) is 0 Å². The Morgan fingerprint density at radius 3 is 2.42 bits per heavy atom. The zero-order valence-electron chi connectivity index (χ0n) is 10.6. The molecule has 2 heterocycles. The Balaban J connectivity index is 1.99. The molecule has 1 aliphatic heterocycles. The lowest BCUT2D eigenvalue weighted by molar-refractivity contribution is 0.401. The maximum absolute atomic E-state index is 13.0. The summed E-state index contributed by atoms with van der Waals surface area (Å²) in [6.07, 6.45) is 5.70. The van der Waals surface area contributed by atoms with Crippen LogP contribution in [0.3, 0.4) is 0 Å². The summed E-state index contributed by atoms with van der Waals surface area (Å²) in [6, 6.07) is 10.5. The van der Waals surface area contributed by atoms with E-state index >= 15 is 0 Å². The highest BCUT2D eigenvalue weighted by Crippen LogP contribution is 2.31. The topological polar surface area (TPSA) is 19.4 Å². The fourth-order valence-corrected chi connectivity index (χ4v) is 2.25. The lowest BCUT2D eigenvalue weighted by Crippen LogP contribution is -2.33. The molecule has 4 heteroatoms. The third-order valence-corrected chi connectivity index (χ3v) is 3.17. The molecule has 19 heavy (non-hydrogen) atoms. The van der Waals surface area contributed by atoms with Crippen LogP contribution in [0.2, 0.25) is 0 Å². The van der Waals surface area contributed by atoms with Gasteiger partial charge in [-0.15, -0.1) is 0 Å². The van der Waals surface area contributed by atoms with E-state index in [-0.39, 0.29) is 5.82 Å². The smallest absolute Gasteiger partial charge is 0.123 e. The van der Waals surface area contributed by atoms with Crippen LogP contribution in [0.5, 0.6) is 0 Å². The highest BCUT2D eigenvalue weighted by molar-refractivity contribution is 5.80. The molecule has 0 amide bonds. The third-order valence-electron chi connectivity index (χ3n) is 3.17. The van der Waals surface area contributed by atoms with Crippen LogP contribution >= 0.6 is 0 Å². The average Bonchev–Trinajstić information content (AvgIpc) is 2.83. The van der Waals surface area contributed by atoms with E-state index < -0.39 is 0 Å². The Morgan fingerprint density at radius 2 is 1.74 bits per heavy atom. The first kappa shape index (κ1) is 11.9. The zero-order chi connectivity index (χ0) is 13.2. The molecule has 0 radical (unpaired) electrons. The van der Waals surface area contributed by atoms with E-state index in [0.717, 1.165) is 23.5 Å². The molecule has 0 N–H and O–H groups in total. The van der Waals surface area contributed by atoms with E-state index in [9.17, 15) is 4.39 Å². The summed E-state index contributed by atoms with van der Waals surface area (Å²) in [6.45, 7) is 0.828. The van der Waals surface area contributed by atoms with Gasteiger partial charge >= 0.3 is 0 Å². The number of aromatic nitrogens is 1. The number of likely N-dealkylation sites (N-methyl/N-ethyl adjacent to an activating group) is 1. The fraction of sp³-hybridized carbons (Fsp3) is 0.133. The van der Waals surface area contributed by atoms with Gasteiger partial charge in [-0.05, 0) is 42.5 Å². The minimum atomic E-state index is -0.222. The van der Waals surface area contributed by atoms with E-state index in [0.29, 0.717) is 0 Å². The van der Waals surface area contributed by atoms with Crippen LogP contribution in [0.15, 0.2) is 54.9 Å². The number of pyridine rings is 1. The Morgan fingerprint density at radius 1 is 1.05 bits per heavy atom. The average molecular weight is 255 g/mol. The first-order chi connectivity index (χ1) is 9.25. The van der Waals surface area contributed by atoms with E-state index in [1.54, 1.807) is 24.5 Å². The van der Waals surface area contributed by atoms with Crippen molar-refractivity contribution in [3.8, 4) is 0 Å². The Hall–Kier alpha value is -2.20. The summed E-state index contributed by atoms with van der Waals surface area (Å²) >= 11 is 0. The van der Waals surface area contributed by atoms with Gasteiger partial charge < -0.3 is 0 Å². The normalized spacial score (nSPS) is 15.7. The van der Waals surface area contributed by atoms with Gasteiger partial charge in [0.1, 0.15) is 5.82 Å². The zero-order valence-corrected chi connectivity index (χ0v) is 10.6. The Kier molecular flexibility index (Phi) is 3.01. The number of rotatable bonds is 2. The standard InChI is InChI=1S/C15H14FN3/c1-18-11-8-15(12-6-9-17-10-7-12)19(18)14-4-2-13(16)3-5-14/h2-10H,11H2,1H3. The molecule has 0 atom stereocenters. The van der Waals surface area contributed by atoms with Crippen LogP contribution in [-0.2, 0) is 0 Å². The first-order valence-corrected chi connectivity index (χ1v) is 6.13. The second-order valence-corrected chi connectivity index (χ2v) is 4.45. The van der Waals surface area contributed by atoms with Crippen molar-refractivity contribution in [1.82, 2.24) is 9.99 Å². The highest BCUT2D eigenvalue weighted by Gasteiger charge is 2.23. The summed E-state index contributed by atoms with van der Waals surface area (Å²) in [5, 5.41) is 4.16. The predicted molar refractivity (Wildman–Crippen MR) is 73.7 cm³/mol. The number of hydrazine groups is 1. The minimum Gasteiger partial charge on any atom is -0.274 e. The van der Waals surface area contributed by atoms with E-state index in [1.807, 2.05) is 19.2 Å². The molecule has 1 aromatic heterocycles. The van der Waals surface area contributed by atoms with Gasteiger partial charge in [0, 0.05) is 31.5 Å². The first-order valence-electron chi connectivity index (χ1n) is 6.13. The van der Waals surface area contributed by atoms with Crippen LogP contribution in [0.4, 0.5) is 10.1 Å². The lowest BCUT2D eigenvalue weighted by Gasteiger charge is -2.29. The molecule has 3 nitrogen and oxygen atoms in total. The molecule has 0 spiro atoms. The molecule has 3 rings (SSSR count). The number of benzene rings is 1. The second kappa shape index (κ2) is 4.82. The SMILES string of the molecule is CN1CC=C(c2ccncc2)N1c1ccc(F)cc1. The molecular formula is C15H14FN3. The van der Waals surface area contributed by atoms with E-state index in [1.165, 1.54) is 12.1 Å². The molecule has 0 unspecified atom stereocenters. The quantitative estimate of drug-likeness (QED) is 0.822. The largest absolute Gasteiger partial charge is 0.274 e. The monoisotopic (exact) mass is 255 g/mol. The van der Waals surface area contributed by atoms with Gasteiger partial charge in [0.05, 0.1) is 11.4 Å². The van der Waals surface area contributed by atoms with E-state index in [2.05, 4.69) is 21.1 Å². The second-order valence-electron chi connectivity index (χ2n) is 4.45. The number of anilines is 1. The summed E-state index contributed by atoms with van der Waals surface area (Å²) in [5.41, 5.74) is 3.14. The molecule has 0 fully saturated rings. The van der Waals surface area contributed by atoms with Crippen molar-refractivity contribution >= 4 is 11.4 Å². The molecule has 2 aromatic rings. The van der Waals surface area contributed by atoms with Crippen LogP contribution in [-0.4, -0.2) is 23.6 Å². The maximum Gasteiger partial charge on any atom is 0.123 e. The van der Waals surface area contributed by atoms with E-state index in [4.69, 9.17) is 0 Å². The van der Waals surface area contributed by atoms with Gasteiger partial charge in [-0.3, -0.25) is 9.99 Å². The lowest BCUT2D eigenvalue weighted by atomic mass is 10.2. The highest BCUT2D eigenvalue weighted by atomic mass is 19.1. The minimum absolute atomic E-state index is 0.222. The van der Waals surface area contributed by atoms with Crippen molar-refractivity contribution in [3.63, 3.8) is 0 Å². The van der Waals surface area contributed by atoms with Crippen LogP contribution in [0, 0.1) is 5.82 Å². The molecule has 96 valence electrons. The van der Waals surface area contributed by atoms with Crippen molar-refractivity contribution in [2.75, 3.05) is 18.6 Å². The number of hydrogen-bond donors (Lipinski definition) is 0. The maximum atomic E-state index is 13.0. The predicted octanol–water partition coefficient (Wildman–Crippen LogP) is 2.93. The summed E-state index contributed by atoms with van der Waals surface area (Å²) < 4.78 is 13.0. The molecule has 1 aliphatic rings. The number of hydrogen-bond acceptors (Lipinski definition) is 3. The Bertz CT molecular complexity index is 593. The van der Waals surface area contributed by atoms with Gasteiger partial charge in [-0.25, -0.2) is 9.40 Å². The molecule has 0 bridgehead atoms. The van der Waals surface area contributed by atoms with Gasteiger partial charge in [0.2, 0.25) is 0 Å². The molecular weight excluding hydrogens is 241 g/mol. The fourth-order valence-electron chi connectivity index (χ4n) is 2.25. The van der Waals surface area contributed by atoms with Crippen molar-refractivity contribution in [1.29, 1.82) is 0 Å². The number of halogens is 1. The van der Waals surface area contributed by atoms with Crippen LogP contribution in [0.1, 0.15) is 5.56 Å². The van der Waals surface area contributed by atoms with Crippen molar-refractivity contribution in [3.05, 3.63) is 66.2 Å². The molecule has 1 aromatic carbocycles. The number of nitrogens with zero attached hydrogens (tertiary/aromatic N) is 3. The van der Waals surface area contributed by atoms with Gasteiger partial charge in [-0.1, -0.05) is 0 Å². The van der Waals surface area contributed by atoms with Crippen molar-refractivity contribution in [2.24, 2.45) is 0 Å². The summed E-state index contributed by atoms with van der Waals surface area (Å²) in [5.74, 6) is -0.222. The summed E-state index contributed by atoms with van der Waals surface area (Å²) in [7, 11) is 2.01. The van der Waals surface area contributed by atoms with Crippen molar-refractivity contribution < 1.29 is 4.39 Å². The van der Waals surface area contributed by atoms with Gasteiger partial charge in [0.25, 0.3) is 0 Å². The van der Waals surface area contributed by atoms with Crippen LogP contribution in [0.25, 0.3) is 5.70 Å². The Labute approximate surface area is 111 Å². The molecule has 0 aliphatic carbocycles. The summed E-state index contributed by atoms with van der Waals surface area (Å²) in [4.78, 5) is 4.04. The van der Waals surface area contributed by atoms with Crippen LogP contribution < -0.4 is 5.01 Å². The molecule has 0 saturated carbocycles. The van der Waals surface area contributed by atoms with Gasteiger partial charge in [-0.2, -0.15) is 0 Å². The molecule has 0 saturated heterocycles. The van der Waals surface area contributed by atoms with Crippen molar-refractivity contribution in [2.45, 2.75) is 0 Å². The third kappa shape index (κ3) is 2.22.